The van der Waals surface area contributed by atoms with Gasteiger partial charge in [0, 0.05) is 29.9 Å². The van der Waals surface area contributed by atoms with E-state index < -0.39 is 6.04 Å². The molecule has 1 heterocycles. The largest absolute Gasteiger partial charge is 0.347 e. The lowest BCUT2D eigenvalue weighted by molar-refractivity contribution is 0.642. The number of rotatable bonds is 3. The average molecular weight is 390 g/mol. The summed E-state index contributed by atoms with van der Waals surface area (Å²) in [7, 11) is 2.16. The monoisotopic (exact) mass is 389 g/mol. The van der Waals surface area contributed by atoms with Gasteiger partial charge in [0.05, 0.1) is 0 Å². The standard InChI is InChI=1S/C24H24NPS/c1-24(2)21-16-10-11-17-22(21)25(3)23(24)18-26(27,19-12-6-4-7-13-19)20-14-8-5-9-15-20/h4-18H,1-3H3. The number of fused-ring (bicyclic) bond motifs is 1. The number of allylic oxidation sites excluding steroid dienone is 1. The highest BCUT2D eigenvalue weighted by molar-refractivity contribution is 8.23. The van der Waals surface area contributed by atoms with Crippen molar-refractivity contribution >= 4 is 34.1 Å². The van der Waals surface area contributed by atoms with Gasteiger partial charge in [-0.3, -0.25) is 0 Å². The Morgan fingerprint density at radius 1 is 0.778 bits per heavy atom. The molecule has 3 heteroatoms. The van der Waals surface area contributed by atoms with Crippen molar-refractivity contribution in [1.29, 1.82) is 0 Å². The minimum atomic E-state index is -2.09. The summed E-state index contributed by atoms with van der Waals surface area (Å²) in [4.78, 5) is 2.32. The molecule has 0 unspecified atom stereocenters. The van der Waals surface area contributed by atoms with Crippen LogP contribution < -0.4 is 15.5 Å². The van der Waals surface area contributed by atoms with Gasteiger partial charge in [0.2, 0.25) is 0 Å². The van der Waals surface area contributed by atoms with Crippen LogP contribution in [0.5, 0.6) is 0 Å². The van der Waals surface area contributed by atoms with Crippen molar-refractivity contribution in [2.24, 2.45) is 0 Å². The van der Waals surface area contributed by atoms with E-state index in [1.54, 1.807) is 0 Å². The summed E-state index contributed by atoms with van der Waals surface area (Å²) >= 11 is 6.45. The van der Waals surface area contributed by atoms with E-state index >= 15 is 0 Å². The summed E-state index contributed by atoms with van der Waals surface area (Å²) in [6, 6.07) is 27.8. The molecule has 136 valence electrons. The van der Waals surface area contributed by atoms with Crippen LogP contribution in [0.3, 0.4) is 0 Å². The lowest BCUT2D eigenvalue weighted by Crippen LogP contribution is -2.25. The Kier molecular flexibility index (Phi) is 4.58. The van der Waals surface area contributed by atoms with Crippen molar-refractivity contribution in [3.63, 3.8) is 0 Å². The smallest absolute Gasteiger partial charge is 0.0448 e. The maximum atomic E-state index is 6.45. The molecule has 0 aromatic heterocycles. The van der Waals surface area contributed by atoms with E-state index in [4.69, 9.17) is 11.8 Å². The van der Waals surface area contributed by atoms with Gasteiger partial charge in [-0.25, -0.2) is 0 Å². The van der Waals surface area contributed by atoms with E-state index in [0.29, 0.717) is 0 Å². The van der Waals surface area contributed by atoms with E-state index in [2.05, 4.69) is 117 Å². The van der Waals surface area contributed by atoms with E-state index in [-0.39, 0.29) is 5.41 Å². The maximum Gasteiger partial charge on any atom is 0.0448 e. The first-order chi connectivity index (χ1) is 12.9. The van der Waals surface area contributed by atoms with Gasteiger partial charge in [0.25, 0.3) is 0 Å². The van der Waals surface area contributed by atoms with Gasteiger partial charge in [0.1, 0.15) is 0 Å². The second-order valence-electron chi connectivity index (χ2n) is 7.54. The van der Waals surface area contributed by atoms with Crippen LogP contribution in [0.1, 0.15) is 19.4 Å². The molecule has 27 heavy (non-hydrogen) atoms. The highest BCUT2D eigenvalue weighted by Crippen LogP contribution is 2.53. The molecular formula is C24H24NPS. The Morgan fingerprint density at radius 3 is 1.78 bits per heavy atom. The van der Waals surface area contributed by atoms with Crippen molar-refractivity contribution in [2.45, 2.75) is 19.3 Å². The minimum absolute atomic E-state index is 0.0705. The normalized spacial score (nSPS) is 17.1. The third-order valence-corrected chi connectivity index (χ3v) is 9.84. The molecule has 0 bridgehead atoms. The quantitative estimate of drug-likeness (QED) is 0.553. The van der Waals surface area contributed by atoms with Crippen molar-refractivity contribution in [1.82, 2.24) is 0 Å². The number of hydrogen-bond donors (Lipinski definition) is 0. The Bertz CT molecular complexity index is 995. The number of likely N-dealkylation sites (N-methyl/N-ethyl adjacent to an activating group) is 1. The van der Waals surface area contributed by atoms with Gasteiger partial charge in [-0.1, -0.05) is 105 Å². The molecule has 0 N–H and O–H groups in total. The number of nitrogens with zero attached hydrogens (tertiary/aromatic N) is 1. The lowest BCUT2D eigenvalue weighted by Gasteiger charge is -2.28. The topological polar surface area (TPSA) is 3.24 Å². The molecule has 0 saturated heterocycles. The predicted molar refractivity (Wildman–Crippen MR) is 122 cm³/mol. The van der Waals surface area contributed by atoms with Crippen molar-refractivity contribution in [2.75, 3.05) is 11.9 Å². The zero-order valence-corrected chi connectivity index (χ0v) is 17.7. The number of hydrogen-bond acceptors (Lipinski definition) is 2. The van der Waals surface area contributed by atoms with Crippen molar-refractivity contribution in [3.05, 3.63) is 102 Å². The maximum absolute atomic E-state index is 6.45. The molecule has 3 aromatic carbocycles. The number of anilines is 1. The first-order valence-electron chi connectivity index (χ1n) is 9.22. The third kappa shape index (κ3) is 2.98. The summed E-state index contributed by atoms with van der Waals surface area (Å²) < 4.78 is 0. The molecule has 3 aromatic rings. The first-order valence-corrected chi connectivity index (χ1v) is 12.1. The molecule has 1 aliphatic rings. The number of para-hydroxylation sites is 1. The molecule has 0 atom stereocenters. The molecule has 0 amide bonds. The molecule has 0 saturated carbocycles. The second kappa shape index (κ2) is 6.78. The molecule has 0 spiro atoms. The van der Waals surface area contributed by atoms with Crippen LogP contribution in [0.15, 0.2) is 96.4 Å². The lowest BCUT2D eigenvalue weighted by atomic mass is 9.84. The molecule has 1 aliphatic heterocycles. The van der Waals surface area contributed by atoms with Crippen LogP contribution in [0.25, 0.3) is 0 Å². The van der Waals surface area contributed by atoms with Crippen LogP contribution >= 0.6 is 6.04 Å². The highest BCUT2D eigenvalue weighted by Gasteiger charge is 2.39. The molecule has 1 nitrogen and oxygen atoms in total. The third-order valence-electron chi connectivity index (χ3n) is 5.52. The zero-order chi connectivity index (χ0) is 19.1. The number of benzene rings is 3. The van der Waals surface area contributed by atoms with Gasteiger partial charge < -0.3 is 4.90 Å². The van der Waals surface area contributed by atoms with Crippen LogP contribution in [-0.4, -0.2) is 7.05 Å². The molecular weight excluding hydrogens is 365 g/mol. The summed E-state index contributed by atoms with van der Waals surface area (Å²) in [6.45, 7) is 4.60. The van der Waals surface area contributed by atoms with E-state index in [0.717, 1.165) is 0 Å². The molecule has 0 aliphatic carbocycles. The highest BCUT2D eigenvalue weighted by atomic mass is 32.4. The van der Waals surface area contributed by atoms with Gasteiger partial charge in [0.15, 0.2) is 0 Å². The predicted octanol–water partition coefficient (Wildman–Crippen LogP) is 5.39. The first kappa shape index (κ1) is 18.2. The Morgan fingerprint density at radius 2 is 1.26 bits per heavy atom. The zero-order valence-electron chi connectivity index (χ0n) is 16.0. The Labute approximate surface area is 167 Å². The molecule has 0 radical (unpaired) electrons. The average Bonchev–Trinajstić information content (AvgIpc) is 2.90. The molecule has 4 rings (SSSR count). The van der Waals surface area contributed by atoms with Gasteiger partial charge >= 0.3 is 0 Å². The van der Waals surface area contributed by atoms with Crippen LogP contribution in [0, 0.1) is 0 Å². The summed E-state index contributed by atoms with van der Waals surface area (Å²) in [5, 5.41) is 2.47. The van der Waals surface area contributed by atoms with Crippen molar-refractivity contribution < 1.29 is 0 Å². The van der Waals surface area contributed by atoms with Crippen LogP contribution in [0.2, 0.25) is 0 Å². The SMILES string of the molecule is CN1C(=CP(=S)(c2ccccc2)c2ccccc2)C(C)(C)c2ccccc21. The Hall–Kier alpha value is -2.15. The second-order valence-corrected chi connectivity index (χ2v) is 11.9. The fraction of sp³-hybridized carbons (Fsp3) is 0.167. The van der Waals surface area contributed by atoms with E-state index in [9.17, 15) is 0 Å². The minimum Gasteiger partial charge on any atom is -0.347 e. The van der Waals surface area contributed by atoms with Gasteiger partial charge in [-0.2, -0.15) is 0 Å². The molecule has 0 fully saturated rings. The fourth-order valence-corrected chi connectivity index (χ4v) is 7.70. The van der Waals surface area contributed by atoms with E-state index in [1.807, 2.05) is 0 Å². The van der Waals surface area contributed by atoms with Gasteiger partial charge in [-0.15, -0.1) is 0 Å². The van der Waals surface area contributed by atoms with E-state index in [1.165, 1.54) is 27.6 Å². The summed E-state index contributed by atoms with van der Waals surface area (Å²) in [5.41, 5.74) is 3.86. The fourth-order valence-electron chi connectivity index (χ4n) is 4.00. The van der Waals surface area contributed by atoms with Crippen molar-refractivity contribution in [3.8, 4) is 0 Å². The Balaban J connectivity index is 1.95. The van der Waals surface area contributed by atoms with Gasteiger partial charge in [-0.05, 0) is 28.1 Å². The van der Waals surface area contributed by atoms with Crippen LogP contribution in [0.4, 0.5) is 5.69 Å². The van der Waals surface area contributed by atoms with Crippen LogP contribution in [-0.2, 0) is 17.2 Å². The summed E-state index contributed by atoms with van der Waals surface area (Å²) in [6.07, 6.45) is 0. The summed E-state index contributed by atoms with van der Waals surface area (Å²) in [5.74, 6) is 2.40.